The number of hydrogen-bond donors (Lipinski definition) is 2. The van der Waals surface area contributed by atoms with Gasteiger partial charge in [-0.3, -0.25) is 14.9 Å². The van der Waals surface area contributed by atoms with E-state index in [0.717, 1.165) is 18.4 Å². The first kappa shape index (κ1) is 16.9. The van der Waals surface area contributed by atoms with Crippen LogP contribution < -0.4 is 10.6 Å². The minimum Gasteiger partial charge on any atom is -0.310 e. The number of anilines is 2. The van der Waals surface area contributed by atoms with E-state index in [2.05, 4.69) is 25.7 Å². The fourth-order valence-corrected chi connectivity index (χ4v) is 2.59. The van der Waals surface area contributed by atoms with Gasteiger partial charge in [-0.25, -0.2) is 9.67 Å². The van der Waals surface area contributed by atoms with Crippen LogP contribution in [0.2, 0.25) is 0 Å². The van der Waals surface area contributed by atoms with Gasteiger partial charge in [-0.1, -0.05) is 30.3 Å². The number of nitrogens with zero attached hydrogens (tertiary/aromatic N) is 4. The molecule has 2 N–H and O–H groups in total. The van der Waals surface area contributed by atoms with Crippen LogP contribution in [0.15, 0.2) is 48.7 Å². The number of aromatic nitrogens is 4. The Balaban J connectivity index is 1.49. The molecular formula is C19H18N6O2. The molecule has 0 bridgehead atoms. The summed E-state index contributed by atoms with van der Waals surface area (Å²) in [5.41, 5.74) is 1.24. The highest BCUT2D eigenvalue weighted by Crippen LogP contribution is 2.30. The molecule has 136 valence electrons. The number of benzene rings is 1. The third-order valence-electron chi connectivity index (χ3n) is 4.24. The maximum Gasteiger partial charge on any atom is 0.258 e. The SMILES string of the molecule is Cn1nc(-c2ccccc2)nc1NC(=O)c1ccnc(NC(=O)C2CC2)c1. The van der Waals surface area contributed by atoms with E-state index in [9.17, 15) is 9.59 Å². The van der Waals surface area contributed by atoms with Crippen LogP contribution in [-0.4, -0.2) is 31.6 Å². The number of pyridine rings is 1. The Hall–Kier alpha value is -3.55. The lowest BCUT2D eigenvalue weighted by atomic mass is 10.2. The Morgan fingerprint density at radius 2 is 1.89 bits per heavy atom. The highest BCUT2D eigenvalue weighted by molar-refractivity contribution is 6.04. The predicted octanol–water partition coefficient (Wildman–Crippen LogP) is 2.48. The molecule has 1 aliphatic carbocycles. The Morgan fingerprint density at radius 3 is 2.63 bits per heavy atom. The molecule has 27 heavy (non-hydrogen) atoms. The molecule has 0 spiro atoms. The number of aryl methyl sites for hydroxylation is 1. The zero-order valence-corrected chi connectivity index (χ0v) is 14.7. The number of carbonyl (C=O) groups is 2. The van der Waals surface area contributed by atoms with E-state index in [1.807, 2.05) is 30.3 Å². The number of rotatable bonds is 5. The molecule has 1 saturated carbocycles. The third-order valence-corrected chi connectivity index (χ3v) is 4.24. The van der Waals surface area contributed by atoms with Crippen LogP contribution in [0.25, 0.3) is 11.4 Å². The molecule has 4 rings (SSSR count). The van der Waals surface area contributed by atoms with E-state index < -0.39 is 0 Å². The van der Waals surface area contributed by atoms with Gasteiger partial charge < -0.3 is 5.32 Å². The Morgan fingerprint density at radius 1 is 1.11 bits per heavy atom. The first-order valence-corrected chi connectivity index (χ1v) is 8.65. The van der Waals surface area contributed by atoms with Crippen molar-refractivity contribution in [1.82, 2.24) is 19.7 Å². The molecule has 3 aromatic rings. The largest absolute Gasteiger partial charge is 0.310 e. The molecule has 0 atom stereocenters. The van der Waals surface area contributed by atoms with Crippen molar-refractivity contribution >= 4 is 23.6 Å². The molecular weight excluding hydrogens is 344 g/mol. The number of nitrogens with one attached hydrogen (secondary N) is 2. The van der Waals surface area contributed by atoms with Gasteiger partial charge in [0, 0.05) is 30.3 Å². The van der Waals surface area contributed by atoms with E-state index in [-0.39, 0.29) is 17.7 Å². The summed E-state index contributed by atoms with van der Waals surface area (Å²) in [4.78, 5) is 32.9. The average Bonchev–Trinajstić information content (AvgIpc) is 3.47. The van der Waals surface area contributed by atoms with Gasteiger partial charge >= 0.3 is 0 Å². The normalized spacial score (nSPS) is 13.2. The van der Waals surface area contributed by atoms with Crippen LogP contribution in [0.5, 0.6) is 0 Å². The van der Waals surface area contributed by atoms with E-state index in [1.165, 1.54) is 10.9 Å². The molecule has 8 nitrogen and oxygen atoms in total. The average molecular weight is 362 g/mol. The zero-order valence-electron chi connectivity index (χ0n) is 14.7. The van der Waals surface area contributed by atoms with Gasteiger partial charge in [-0.2, -0.15) is 4.98 Å². The fraction of sp³-hybridized carbons (Fsp3) is 0.211. The Labute approximate surface area is 155 Å². The molecule has 0 radical (unpaired) electrons. The van der Waals surface area contributed by atoms with Crippen molar-refractivity contribution in [3.8, 4) is 11.4 Å². The third kappa shape index (κ3) is 3.84. The topological polar surface area (TPSA) is 102 Å². The molecule has 2 aromatic heterocycles. The summed E-state index contributed by atoms with van der Waals surface area (Å²) in [5, 5.41) is 9.81. The van der Waals surface area contributed by atoms with Crippen molar-refractivity contribution in [2.75, 3.05) is 10.6 Å². The smallest absolute Gasteiger partial charge is 0.258 e. The van der Waals surface area contributed by atoms with Crippen LogP contribution in [-0.2, 0) is 11.8 Å². The molecule has 1 aliphatic rings. The van der Waals surface area contributed by atoms with Crippen molar-refractivity contribution in [2.45, 2.75) is 12.8 Å². The summed E-state index contributed by atoms with van der Waals surface area (Å²) >= 11 is 0. The fourth-order valence-electron chi connectivity index (χ4n) is 2.59. The Bertz CT molecular complexity index is 994. The number of hydrogen-bond acceptors (Lipinski definition) is 5. The van der Waals surface area contributed by atoms with Crippen LogP contribution in [0.3, 0.4) is 0 Å². The van der Waals surface area contributed by atoms with Crippen LogP contribution in [0.1, 0.15) is 23.2 Å². The lowest BCUT2D eigenvalue weighted by Gasteiger charge is -2.06. The minimum atomic E-state index is -0.352. The number of amides is 2. The molecule has 0 aliphatic heterocycles. The highest BCUT2D eigenvalue weighted by atomic mass is 16.2. The molecule has 8 heteroatoms. The summed E-state index contributed by atoms with van der Waals surface area (Å²) in [6.07, 6.45) is 3.30. The molecule has 2 heterocycles. The van der Waals surface area contributed by atoms with Gasteiger partial charge in [-0.15, -0.1) is 5.10 Å². The van der Waals surface area contributed by atoms with Crippen molar-refractivity contribution in [1.29, 1.82) is 0 Å². The van der Waals surface area contributed by atoms with Crippen LogP contribution in [0.4, 0.5) is 11.8 Å². The first-order valence-electron chi connectivity index (χ1n) is 8.65. The molecule has 1 aromatic carbocycles. The summed E-state index contributed by atoms with van der Waals surface area (Å²) in [5.74, 6) is 0.886. The van der Waals surface area contributed by atoms with Crippen molar-refractivity contribution in [3.05, 3.63) is 54.2 Å². The van der Waals surface area contributed by atoms with Gasteiger partial charge in [-0.05, 0) is 25.0 Å². The van der Waals surface area contributed by atoms with E-state index in [4.69, 9.17) is 0 Å². The molecule has 0 saturated heterocycles. The highest BCUT2D eigenvalue weighted by Gasteiger charge is 2.29. The maximum absolute atomic E-state index is 12.6. The van der Waals surface area contributed by atoms with Gasteiger partial charge in [0.1, 0.15) is 5.82 Å². The van der Waals surface area contributed by atoms with Gasteiger partial charge in [0.15, 0.2) is 5.82 Å². The second-order valence-electron chi connectivity index (χ2n) is 6.40. The zero-order chi connectivity index (χ0) is 18.8. The monoisotopic (exact) mass is 362 g/mol. The minimum absolute atomic E-state index is 0.0548. The van der Waals surface area contributed by atoms with Gasteiger partial charge in [0.05, 0.1) is 0 Å². The van der Waals surface area contributed by atoms with Gasteiger partial charge in [0.2, 0.25) is 11.9 Å². The van der Waals surface area contributed by atoms with E-state index in [1.54, 1.807) is 19.2 Å². The predicted molar refractivity (Wildman–Crippen MR) is 100.0 cm³/mol. The molecule has 2 amide bonds. The Kier molecular flexibility index (Phi) is 4.37. The maximum atomic E-state index is 12.6. The molecule has 0 unspecified atom stereocenters. The summed E-state index contributed by atoms with van der Waals surface area (Å²) < 4.78 is 1.51. The molecule has 1 fully saturated rings. The second-order valence-corrected chi connectivity index (χ2v) is 6.40. The summed E-state index contributed by atoms with van der Waals surface area (Å²) in [6, 6.07) is 12.6. The van der Waals surface area contributed by atoms with Crippen molar-refractivity contribution < 1.29 is 9.59 Å². The standard InChI is InChI=1S/C19H18N6O2/c1-25-19(22-16(24-25)12-5-3-2-4-6-12)23-18(27)14-9-10-20-15(11-14)21-17(26)13-7-8-13/h2-6,9-11,13H,7-8H2,1H3,(H,20,21,26)(H,22,23,24,27). The second kappa shape index (κ2) is 6.99. The van der Waals surface area contributed by atoms with E-state index >= 15 is 0 Å². The van der Waals surface area contributed by atoms with Crippen LogP contribution >= 0.6 is 0 Å². The quantitative estimate of drug-likeness (QED) is 0.726. The summed E-state index contributed by atoms with van der Waals surface area (Å²) in [7, 11) is 1.71. The first-order chi connectivity index (χ1) is 13.1. The lowest BCUT2D eigenvalue weighted by Crippen LogP contribution is -2.17. The number of carbonyl (C=O) groups excluding carboxylic acids is 2. The van der Waals surface area contributed by atoms with Crippen LogP contribution in [0, 0.1) is 5.92 Å². The van der Waals surface area contributed by atoms with E-state index in [0.29, 0.717) is 23.2 Å². The van der Waals surface area contributed by atoms with Crippen molar-refractivity contribution in [2.24, 2.45) is 13.0 Å². The lowest BCUT2D eigenvalue weighted by molar-refractivity contribution is -0.117. The summed E-state index contributed by atoms with van der Waals surface area (Å²) in [6.45, 7) is 0. The van der Waals surface area contributed by atoms with Gasteiger partial charge in [0.25, 0.3) is 5.91 Å². The van der Waals surface area contributed by atoms with Crippen molar-refractivity contribution in [3.63, 3.8) is 0 Å².